The fraction of sp³-hybridized carbons (Fsp3) is 0.364. The number of nitrogens with zero attached hydrogens (tertiary/aromatic N) is 1. The van der Waals surface area contributed by atoms with Gasteiger partial charge in [-0.2, -0.15) is 18.4 Å². The van der Waals surface area contributed by atoms with Gasteiger partial charge in [-0.3, -0.25) is 0 Å². The maximum Gasteiger partial charge on any atom is 0.406 e. The molecule has 0 radical (unpaired) electrons. The van der Waals surface area contributed by atoms with Gasteiger partial charge in [-0.25, -0.2) is 0 Å². The van der Waals surface area contributed by atoms with E-state index in [1.807, 2.05) is 0 Å². The van der Waals surface area contributed by atoms with E-state index in [0.29, 0.717) is 11.4 Å². The minimum Gasteiger partial charge on any atom is -0.497 e. The van der Waals surface area contributed by atoms with Gasteiger partial charge < -0.3 is 10.1 Å². The number of anilines is 1. The summed E-state index contributed by atoms with van der Waals surface area (Å²) in [7, 11) is 1.47. The van der Waals surface area contributed by atoms with Gasteiger partial charge in [0.05, 0.1) is 13.2 Å². The summed E-state index contributed by atoms with van der Waals surface area (Å²) in [6, 6.07) is 7.71. The topological polar surface area (TPSA) is 45.0 Å². The molecule has 6 heteroatoms. The van der Waals surface area contributed by atoms with Crippen LogP contribution < -0.4 is 10.1 Å². The highest BCUT2D eigenvalue weighted by Gasteiger charge is 2.39. The van der Waals surface area contributed by atoms with E-state index >= 15 is 0 Å². The molecule has 0 saturated carbocycles. The zero-order chi connectivity index (χ0) is 12.9. The highest BCUT2D eigenvalue weighted by molar-refractivity contribution is 5.48. The molecule has 0 heterocycles. The van der Waals surface area contributed by atoms with Crippen LogP contribution in [0, 0.1) is 17.2 Å². The van der Waals surface area contributed by atoms with Crippen LogP contribution in [0.1, 0.15) is 0 Å². The molecule has 0 bridgehead atoms. The first-order valence-corrected chi connectivity index (χ1v) is 4.81. The lowest BCUT2D eigenvalue weighted by atomic mass is 10.1. The normalized spacial score (nSPS) is 12.6. The molecule has 1 aromatic carbocycles. The summed E-state index contributed by atoms with van der Waals surface area (Å²) in [6.07, 6.45) is -4.51. The van der Waals surface area contributed by atoms with E-state index in [2.05, 4.69) is 5.32 Å². The molecular formula is C11H11F3N2O. The maximum absolute atomic E-state index is 12.3. The zero-order valence-corrected chi connectivity index (χ0v) is 9.08. The summed E-state index contributed by atoms with van der Waals surface area (Å²) in [5.74, 6) is -1.48. The summed E-state index contributed by atoms with van der Waals surface area (Å²) in [6.45, 7) is -0.479. The van der Waals surface area contributed by atoms with Crippen molar-refractivity contribution in [2.75, 3.05) is 19.0 Å². The van der Waals surface area contributed by atoms with Crippen LogP contribution >= 0.6 is 0 Å². The van der Waals surface area contributed by atoms with E-state index in [9.17, 15) is 13.2 Å². The van der Waals surface area contributed by atoms with Crippen LogP contribution in [0.5, 0.6) is 5.75 Å². The van der Waals surface area contributed by atoms with Crippen molar-refractivity contribution in [2.24, 2.45) is 5.92 Å². The van der Waals surface area contributed by atoms with Gasteiger partial charge in [0, 0.05) is 18.3 Å². The Labute approximate surface area is 96.8 Å². The Balaban J connectivity index is 2.64. The molecule has 1 N–H and O–H groups in total. The predicted molar refractivity (Wildman–Crippen MR) is 56.6 cm³/mol. The molecule has 0 aliphatic heterocycles. The number of ether oxygens (including phenoxy) is 1. The third kappa shape index (κ3) is 3.87. The van der Waals surface area contributed by atoms with Crippen molar-refractivity contribution in [1.82, 2.24) is 0 Å². The van der Waals surface area contributed by atoms with Crippen LogP contribution in [-0.2, 0) is 0 Å². The maximum atomic E-state index is 12.3. The average molecular weight is 244 g/mol. The number of rotatable bonds is 4. The van der Waals surface area contributed by atoms with Gasteiger partial charge in [0.15, 0.2) is 5.92 Å². The summed E-state index contributed by atoms with van der Waals surface area (Å²) in [5, 5.41) is 11.0. The second-order valence-electron chi connectivity index (χ2n) is 3.34. The summed E-state index contributed by atoms with van der Waals surface area (Å²) in [4.78, 5) is 0. The van der Waals surface area contributed by atoms with E-state index in [1.165, 1.54) is 13.2 Å². The fourth-order valence-electron chi connectivity index (χ4n) is 1.19. The Morgan fingerprint density at radius 2 is 2.18 bits per heavy atom. The first kappa shape index (κ1) is 13.2. The lowest BCUT2D eigenvalue weighted by Crippen LogP contribution is -2.28. The summed E-state index contributed by atoms with van der Waals surface area (Å²) < 4.78 is 41.8. The first-order valence-electron chi connectivity index (χ1n) is 4.81. The van der Waals surface area contributed by atoms with Crippen molar-refractivity contribution < 1.29 is 17.9 Å². The molecule has 0 spiro atoms. The van der Waals surface area contributed by atoms with Crippen molar-refractivity contribution in [3.63, 3.8) is 0 Å². The van der Waals surface area contributed by atoms with E-state index < -0.39 is 18.6 Å². The highest BCUT2D eigenvalue weighted by Crippen LogP contribution is 2.26. The standard InChI is InChI=1S/C11H11F3N2O/c1-17-10-4-2-3-9(5-10)16-7-8(6-15)11(12,13)14/h2-5,8,16H,7H2,1H3. The largest absolute Gasteiger partial charge is 0.497 e. The molecule has 0 amide bonds. The van der Waals surface area contributed by atoms with Crippen molar-refractivity contribution >= 4 is 5.69 Å². The van der Waals surface area contributed by atoms with Crippen molar-refractivity contribution in [2.45, 2.75) is 6.18 Å². The van der Waals surface area contributed by atoms with Gasteiger partial charge in [-0.15, -0.1) is 0 Å². The monoisotopic (exact) mass is 244 g/mol. The number of nitrogens with one attached hydrogen (secondary N) is 1. The number of nitriles is 1. The van der Waals surface area contributed by atoms with Crippen LogP contribution in [0.25, 0.3) is 0 Å². The Morgan fingerprint density at radius 3 is 2.71 bits per heavy atom. The van der Waals surface area contributed by atoms with E-state index in [1.54, 1.807) is 24.3 Å². The summed E-state index contributed by atoms with van der Waals surface area (Å²) in [5.41, 5.74) is 0.480. The lowest BCUT2D eigenvalue weighted by molar-refractivity contribution is -0.155. The minimum atomic E-state index is -4.51. The van der Waals surface area contributed by atoms with Gasteiger partial charge in [-0.05, 0) is 12.1 Å². The second kappa shape index (κ2) is 5.43. The van der Waals surface area contributed by atoms with E-state index in [-0.39, 0.29) is 0 Å². The van der Waals surface area contributed by atoms with Gasteiger partial charge >= 0.3 is 6.18 Å². The smallest absolute Gasteiger partial charge is 0.406 e. The summed E-state index contributed by atoms with van der Waals surface area (Å²) >= 11 is 0. The van der Waals surface area contributed by atoms with Crippen molar-refractivity contribution in [3.8, 4) is 11.8 Å². The molecule has 1 rings (SSSR count). The van der Waals surface area contributed by atoms with Crippen LogP contribution in [-0.4, -0.2) is 19.8 Å². The minimum absolute atomic E-state index is 0.479. The van der Waals surface area contributed by atoms with Crippen LogP contribution in [0.2, 0.25) is 0 Å². The number of alkyl halides is 3. The molecule has 3 nitrogen and oxygen atoms in total. The molecule has 0 aliphatic carbocycles. The Morgan fingerprint density at radius 1 is 1.47 bits per heavy atom. The Bertz CT molecular complexity index is 412. The third-order valence-corrected chi connectivity index (χ3v) is 2.13. The molecule has 17 heavy (non-hydrogen) atoms. The predicted octanol–water partition coefficient (Wildman–Crippen LogP) is 2.81. The molecule has 0 aliphatic rings. The fourth-order valence-corrected chi connectivity index (χ4v) is 1.19. The van der Waals surface area contributed by atoms with Gasteiger partial charge in [-0.1, -0.05) is 6.07 Å². The quantitative estimate of drug-likeness (QED) is 0.885. The van der Waals surface area contributed by atoms with Crippen molar-refractivity contribution in [3.05, 3.63) is 24.3 Å². The SMILES string of the molecule is COc1cccc(NCC(C#N)C(F)(F)F)c1. The molecular weight excluding hydrogens is 233 g/mol. The second-order valence-corrected chi connectivity index (χ2v) is 3.34. The number of methoxy groups -OCH3 is 1. The molecule has 1 unspecified atom stereocenters. The number of hydrogen-bond donors (Lipinski definition) is 1. The Kier molecular flexibility index (Phi) is 4.21. The molecule has 92 valence electrons. The third-order valence-electron chi connectivity index (χ3n) is 2.13. The van der Waals surface area contributed by atoms with Gasteiger partial charge in [0.25, 0.3) is 0 Å². The first-order chi connectivity index (χ1) is 7.97. The van der Waals surface area contributed by atoms with Crippen LogP contribution in [0.15, 0.2) is 24.3 Å². The van der Waals surface area contributed by atoms with Gasteiger partial charge in [0.2, 0.25) is 0 Å². The molecule has 0 saturated heterocycles. The zero-order valence-electron chi connectivity index (χ0n) is 9.08. The molecule has 1 atom stereocenters. The van der Waals surface area contributed by atoms with Crippen molar-refractivity contribution in [1.29, 1.82) is 5.26 Å². The highest BCUT2D eigenvalue weighted by atomic mass is 19.4. The average Bonchev–Trinajstić information content (AvgIpc) is 2.28. The lowest BCUT2D eigenvalue weighted by Gasteiger charge is -2.14. The van der Waals surface area contributed by atoms with E-state index in [4.69, 9.17) is 10.00 Å². The molecule has 0 aromatic heterocycles. The Hall–Kier alpha value is -1.90. The molecule has 0 fully saturated rings. The number of halogens is 3. The number of benzene rings is 1. The van der Waals surface area contributed by atoms with E-state index in [0.717, 1.165) is 0 Å². The number of hydrogen-bond acceptors (Lipinski definition) is 3. The molecule has 1 aromatic rings. The van der Waals surface area contributed by atoms with Gasteiger partial charge in [0.1, 0.15) is 5.75 Å². The van der Waals surface area contributed by atoms with Crippen LogP contribution in [0.3, 0.4) is 0 Å². The van der Waals surface area contributed by atoms with Crippen LogP contribution in [0.4, 0.5) is 18.9 Å².